The van der Waals surface area contributed by atoms with Gasteiger partial charge >= 0.3 is 0 Å². The van der Waals surface area contributed by atoms with Crippen LogP contribution in [-0.4, -0.2) is 16.5 Å². The topological polar surface area (TPSA) is 37.8 Å². The van der Waals surface area contributed by atoms with Crippen LogP contribution in [0.3, 0.4) is 0 Å². The van der Waals surface area contributed by atoms with E-state index in [1.54, 1.807) is 24.2 Å². The summed E-state index contributed by atoms with van der Waals surface area (Å²) in [6, 6.07) is 7.77. The third-order valence-electron chi connectivity index (χ3n) is 2.32. The monoisotopic (exact) mass is 279 g/mol. The SMILES string of the molecule is CCNCc1cccnc1Sc1ccc(Cl)cn1. The summed E-state index contributed by atoms with van der Waals surface area (Å²) in [6.45, 7) is 3.85. The predicted molar refractivity (Wildman–Crippen MR) is 75.0 cm³/mol. The highest BCUT2D eigenvalue weighted by atomic mass is 35.5. The molecule has 0 fully saturated rings. The molecule has 0 aliphatic rings. The van der Waals surface area contributed by atoms with E-state index in [2.05, 4.69) is 28.3 Å². The smallest absolute Gasteiger partial charge is 0.107 e. The fraction of sp³-hybridized carbons (Fsp3) is 0.231. The van der Waals surface area contributed by atoms with Gasteiger partial charge in [-0.25, -0.2) is 9.97 Å². The van der Waals surface area contributed by atoms with Crippen LogP contribution in [0.2, 0.25) is 5.02 Å². The van der Waals surface area contributed by atoms with Crippen molar-refractivity contribution in [2.45, 2.75) is 23.5 Å². The molecule has 5 heteroatoms. The Kier molecular flexibility index (Phi) is 4.99. The minimum absolute atomic E-state index is 0.647. The van der Waals surface area contributed by atoms with Crippen molar-refractivity contribution >= 4 is 23.4 Å². The van der Waals surface area contributed by atoms with Gasteiger partial charge in [-0.2, -0.15) is 0 Å². The van der Waals surface area contributed by atoms with Gasteiger partial charge in [0.15, 0.2) is 0 Å². The molecule has 0 spiro atoms. The van der Waals surface area contributed by atoms with Gasteiger partial charge in [0.25, 0.3) is 0 Å². The van der Waals surface area contributed by atoms with Gasteiger partial charge < -0.3 is 5.32 Å². The number of hydrogen-bond acceptors (Lipinski definition) is 4. The van der Waals surface area contributed by atoms with Crippen molar-refractivity contribution in [3.05, 3.63) is 47.2 Å². The molecule has 0 bridgehead atoms. The second-order valence-electron chi connectivity index (χ2n) is 3.66. The molecule has 0 aliphatic heterocycles. The van der Waals surface area contributed by atoms with Gasteiger partial charge in [0.05, 0.1) is 5.02 Å². The van der Waals surface area contributed by atoms with Gasteiger partial charge in [0.1, 0.15) is 10.1 Å². The molecule has 2 aromatic rings. The molecule has 0 aromatic carbocycles. The van der Waals surface area contributed by atoms with Crippen molar-refractivity contribution < 1.29 is 0 Å². The summed E-state index contributed by atoms with van der Waals surface area (Å²) >= 11 is 7.37. The third-order valence-corrected chi connectivity index (χ3v) is 3.55. The molecule has 0 atom stereocenters. The molecule has 0 unspecified atom stereocenters. The Morgan fingerprint density at radius 1 is 1.28 bits per heavy atom. The van der Waals surface area contributed by atoms with Gasteiger partial charge in [0, 0.05) is 18.9 Å². The van der Waals surface area contributed by atoms with Gasteiger partial charge in [-0.05, 0) is 42.1 Å². The number of hydrogen-bond donors (Lipinski definition) is 1. The second-order valence-corrected chi connectivity index (χ2v) is 5.11. The van der Waals surface area contributed by atoms with Crippen LogP contribution >= 0.6 is 23.4 Å². The van der Waals surface area contributed by atoms with Crippen LogP contribution in [-0.2, 0) is 6.54 Å². The van der Waals surface area contributed by atoms with Crippen LogP contribution in [0.25, 0.3) is 0 Å². The normalized spacial score (nSPS) is 10.6. The van der Waals surface area contributed by atoms with Crippen molar-refractivity contribution in [3.63, 3.8) is 0 Å². The Morgan fingerprint density at radius 2 is 2.17 bits per heavy atom. The van der Waals surface area contributed by atoms with Crippen LogP contribution < -0.4 is 5.32 Å². The lowest BCUT2D eigenvalue weighted by Crippen LogP contribution is -2.12. The molecule has 1 N–H and O–H groups in total. The van der Waals surface area contributed by atoms with E-state index < -0.39 is 0 Å². The largest absolute Gasteiger partial charge is 0.313 e. The molecule has 0 amide bonds. The lowest BCUT2D eigenvalue weighted by atomic mass is 10.3. The maximum absolute atomic E-state index is 5.82. The molecule has 0 aliphatic carbocycles. The fourth-order valence-electron chi connectivity index (χ4n) is 1.43. The van der Waals surface area contributed by atoms with Crippen molar-refractivity contribution in [1.82, 2.24) is 15.3 Å². The molecule has 2 heterocycles. The zero-order valence-electron chi connectivity index (χ0n) is 10.1. The van der Waals surface area contributed by atoms with E-state index in [0.717, 1.165) is 23.1 Å². The van der Waals surface area contributed by atoms with Gasteiger partial charge in [-0.1, -0.05) is 24.6 Å². The van der Waals surface area contributed by atoms with Crippen LogP contribution in [0, 0.1) is 0 Å². The summed E-state index contributed by atoms with van der Waals surface area (Å²) in [6.07, 6.45) is 3.45. The number of nitrogens with one attached hydrogen (secondary N) is 1. The summed E-state index contributed by atoms with van der Waals surface area (Å²) in [7, 11) is 0. The summed E-state index contributed by atoms with van der Waals surface area (Å²) in [5, 5.41) is 5.83. The van der Waals surface area contributed by atoms with Crippen molar-refractivity contribution in [3.8, 4) is 0 Å². The lowest BCUT2D eigenvalue weighted by Gasteiger charge is -2.07. The van der Waals surface area contributed by atoms with E-state index >= 15 is 0 Å². The minimum atomic E-state index is 0.647. The Labute approximate surface area is 116 Å². The number of halogens is 1. The zero-order chi connectivity index (χ0) is 12.8. The molecular weight excluding hydrogens is 266 g/mol. The average molecular weight is 280 g/mol. The van der Waals surface area contributed by atoms with Crippen molar-refractivity contribution in [1.29, 1.82) is 0 Å². The summed E-state index contributed by atoms with van der Waals surface area (Å²) in [5.74, 6) is 0. The van der Waals surface area contributed by atoms with E-state index in [4.69, 9.17) is 11.6 Å². The van der Waals surface area contributed by atoms with E-state index in [9.17, 15) is 0 Å². The molecule has 2 rings (SSSR count). The first kappa shape index (κ1) is 13.3. The second kappa shape index (κ2) is 6.73. The Morgan fingerprint density at radius 3 is 2.89 bits per heavy atom. The molecule has 0 saturated heterocycles. The average Bonchev–Trinajstić information content (AvgIpc) is 2.40. The van der Waals surface area contributed by atoms with Crippen LogP contribution in [0.1, 0.15) is 12.5 Å². The predicted octanol–water partition coefficient (Wildman–Crippen LogP) is 3.39. The molecule has 0 saturated carbocycles. The molecule has 3 nitrogen and oxygen atoms in total. The highest BCUT2D eigenvalue weighted by Crippen LogP contribution is 2.27. The minimum Gasteiger partial charge on any atom is -0.313 e. The van der Waals surface area contributed by atoms with Gasteiger partial charge in [0.2, 0.25) is 0 Å². The summed E-state index contributed by atoms with van der Waals surface area (Å²) < 4.78 is 0. The summed E-state index contributed by atoms with van der Waals surface area (Å²) in [5.41, 5.74) is 1.18. The van der Waals surface area contributed by atoms with Crippen LogP contribution in [0.5, 0.6) is 0 Å². The maximum atomic E-state index is 5.82. The lowest BCUT2D eigenvalue weighted by molar-refractivity contribution is 0.711. The zero-order valence-corrected chi connectivity index (χ0v) is 11.6. The van der Waals surface area contributed by atoms with E-state index in [-0.39, 0.29) is 0 Å². The Bertz CT molecular complexity index is 502. The molecule has 2 aromatic heterocycles. The highest BCUT2D eigenvalue weighted by molar-refractivity contribution is 7.99. The number of nitrogens with zero attached hydrogens (tertiary/aromatic N) is 2. The molecular formula is C13H14ClN3S. The van der Waals surface area contributed by atoms with Crippen molar-refractivity contribution in [2.24, 2.45) is 0 Å². The van der Waals surface area contributed by atoms with E-state index in [0.29, 0.717) is 5.02 Å². The quantitative estimate of drug-likeness (QED) is 0.910. The van der Waals surface area contributed by atoms with E-state index in [1.165, 1.54) is 5.56 Å². The summed E-state index contributed by atoms with van der Waals surface area (Å²) in [4.78, 5) is 8.66. The first-order chi connectivity index (χ1) is 8.79. The fourth-order valence-corrected chi connectivity index (χ4v) is 2.37. The first-order valence-electron chi connectivity index (χ1n) is 5.73. The standard InChI is InChI=1S/C13H14ClN3S/c1-2-15-8-10-4-3-7-16-13(10)18-12-6-5-11(14)9-17-12/h3-7,9,15H,2,8H2,1H3. The highest BCUT2D eigenvalue weighted by Gasteiger charge is 2.06. The van der Waals surface area contributed by atoms with Crippen molar-refractivity contribution in [2.75, 3.05) is 6.54 Å². The Hall–Kier alpha value is -1.10. The van der Waals surface area contributed by atoms with Gasteiger partial charge in [-0.3, -0.25) is 0 Å². The number of aromatic nitrogens is 2. The molecule has 0 radical (unpaired) electrons. The van der Waals surface area contributed by atoms with E-state index in [1.807, 2.05) is 18.2 Å². The molecule has 94 valence electrons. The number of pyridine rings is 2. The van der Waals surface area contributed by atoms with Gasteiger partial charge in [-0.15, -0.1) is 0 Å². The Balaban J connectivity index is 2.15. The number of rotatable bonds is 5. The third kappa shape index (κ3) is 3.70. The van der Waals surface area contributed by atoms with Crippen LogP contribution in [0.4, 0.5) is 0 Å². The van der Waals surface area contributed by atoms with Crippen LogP contribution in [0.15, 0.2) is 46.7 Å². The molecule has 18 heavy (non-hydrogen) atoms. The first-order valence-corrected chi connectivity index (χ1v) is 6.93. The maximum Gasteiger partial charge on any atom is 0.107 e.